The summed E-state index contributed by atoms with van der Waals surface area (Å²) in [5, 5.41) is 5.46. The Kier molecular flexibility index (Phi) is 5.40. The van der Waals surface area contributed by atoms with Crippen molar-refractivity contribution >= 4 is 11.9 Å². The number of hydrogen-bond donors (Lipinski definition) is 2. The number of carbonyl (C=O) groups is 2. The van der Waals surface area contributed by atoms with Crippen LogP contribution < -0.4 is 10.6 Å². The van der Waals surface area contributed by atoms with Crippen LogP contribution in [0, 0.1) is 0 Å². The molecule has 3 amide bonds. The Morgan fingerprint density at radius 1 is 1.22 bits per heavy atom. The summed E-state index contributed by atoms with van der Waals surface area (Å²) in [5.41, 5.74) is -0.266. The summed E-state index contributed by atoms with van der Waals surface area (Å²) in [6, 6.07) is -0.239. The van der Waals surface area contributed by atoms with Gasteiger partial charge in [0.1, 0.15) is 0 Å². The molecule has 0 saturated carbocycles. The molecule has 1 fully saturated rings. The van der Waals surface area contributed by atoms with Gasteiger partial charge in [-0.3, -0.25) is 4.79 Å². The molecule has 1 rings (SSSR count). The van der Waals surface area contributed by atoms with Crippen molar-refractivity contribution in [2.75, 3.05) is 32.8 Å². The molecule has 0 aromatic heterocycles. The van der Waals surface area contributed by atoms with Crippen LogP contribution in [-0.4, -0.2) is 55.2 Å². The lowest BCUT2D eigenvalue weighted by Gasteiger charge is -2.27. The van der Waals surface area contributed by atoms with E-state index in [2.05, 4.69) is 10.6 Å². The maximum Gasteiger partial charge on any atom is 0.315 e. The third-order valence-electron chi connectivity index (χ3n) is 2.48. The van der Waals surface area contributed by atoms with E-state index in [1.807, 2.05) is 20.8 Å². The minimum absolute atomic E-state index is 0.0642. The fourth-order valence-corrected chi connectivity index (χ4v) is 1.64. The first kappa shape index (κ1) is 14.8. The monoisotopic (exact) mass is 257 g/mol. The van der Waals surface area contributed by atoms with E-state index in [4.69, 9.17) is 4.74 Å². The molecule has 0 aromatic carbocycles. The number of amides is 3. The van der Waals surface area contributed by atoms with Crippen molar-refractivity contribution < 1.29 is 14.3 Å². The quantitative estimate of drug-likeness (QED) is 0.765. The molecule has 2 N–H and O–H groups in total. The van der Waals surface area contributed by atoms with Crippen LogP contribution in [0.3, 0.4) is 0 Å². The average molecular weight is 257 g/mol. The van der Waals surface area contributed by atoms with Gasteiger partial charge in [0.2, 0.25) is 5.91 Å². The van der Waals surface area contributed by atoms with Crippen molar-refractivity contribution in [2.45, 2.75) is 32.7 Å². The van der Waals surface area contributed by atoms with E-state index >= 15 is 0 Å². The van der Waals surface area contributed by atoms with Gasteiger partial charge in [0.15, 0.2) is 0 Å². The zero-order valence-corrected chi connectivity index (χ0v) is 11.4. The Morgan fingerprint density at radius 3 is 2.39 bits per heavy atom. The van der Waals surface area contributed by atoms with Gasteiger partial charge in [-0.25, -0.2) is 4.79 Å². The van der Waals surface area contributed by atoms with Crippen molar-refractivity contribution in [3.8, 4) is 0 Å². The minimum atomic E-state index is -0.266. The SMILES string of the molecule is CC(C)(C)NC(=O)NCCC(=O)N1CCOCC1. The van der Waals surface area contributed by atoms with Gasteiger partial charge in [-0.15, -0.1) is 0 Å². The first-order valence-corrected chi connectivity index (χ1v) is 6.30. The van der Waals surface area contributed by atoms with Crippen LogP contribution in [0.15, 0.2) is 0 Å². The fraction of sp³-hybridized carbons (Fsp3) is 0.833. The van der Waals surface area contributed by atoms with Gasteiger partial charge >= 0.3 is 6.03 Å². The predicted octanol–water partition coefficient (Wildman–Crippen LogP) is 0.333. The highest BCUT2D eigenvalue weighted by atomic mass is 16.5. The van der Waals surface area contributed by atoms with Crippen LogP contribution in [0.25, 0.3) is 0 Å². The molecule has 6 heteroatoms. The van der Waals surface area contributed by atoms with Crippen LogP contribution in [-0.2, 0) is 9.53 Å². The van der Waals surface area contributed by atoms with Crippen molar-refractivity contribution in [3.05, 3.63) is 0 Å². The summed E-state index contributed by atoms with van der Waals surface area (Å²) in [5.74, 6) is 0.0642. The van der Waals surface area contributed by atoms with Crippen LogP contribution >= 0.6 is 0 Å². The molecule has 0 atom stereocenters. The highest BCUT2D eigenvalue weighted by Crippen LogP contribution is 2.00. The summed E-state index contributed by atoms with van der Waals surface area (Å²) in [6.45, 7) is 8.58. The maximum atomic E-state index is 11.8. The molecule has 1 aliphatic heterocycles. The van der Waals surface area contributed by atoms with E-state index in [0.717, 1.165) is 0 Å². The Bertz CT molecular complexity index is 293. The Hall–Kier alpha value is -1.30. The third kappa shape index (κ3) is 5.86. The molecule has 0 unspecified atom stereocenters. The third-order valence-corrected chi connectivity index (χ3v) is 2.48. The first-order chi connectivity index (χ1) is 8.38. The molecular formula is C12H23N3O3. The van der Waals surface area contributed by atoms with E-state index in [1.54, 1.807) is 4.90 Å². The predicted molar refractivity (Wildman–Crippen MR) is 68.3 cm³/mol. The second kappa shape index (κ2) is 6.58. The first-order valence-electron chi connectivity index (χ1n) is 6.30. The van der Waals surface area contributed by atoms with E-state index < -0.39 is 0 Å². The topological polar surface area (TPSA) is 70.7 Å². The molecule has 0 aromatic rings. The fourth-order valence-electron chi connectivity index (χ4n) is 1.64. The number of urea groups is 1. The molecule has 1 aliphatic rings. The number of hydrogen-bond acceptors (Lipinski definition) is 3. The normalized spacial score (nSPS) is 16.3. The standard InChI is InChI=1S/C12H23N3O3/c1-12(2,3)14-11(17)13-5-4-10(16)15-6-8-18-9-7-15/h4-9H2,1-3H3,(H2,13,14,17). The number of carbonyl (C=O) groups excluding carboxylic acids is 2. The number of nitrogens with one attached hydrogen (secondary N) is 2. The second-order valence-corrected chi connectivity index (χ2v) is 5.37. The number of morpholine rings is 1. The van der Waals surface area contributed by atoms with Crippen LogP contribution in [0.2, 0.25) is 0 Å². The van der Waals surface area contributed by atoms with Crippen LogP contribution in [0.5, 0.6) is 0 Å². The van der Waals surface area contributed by atoms with Crippen molar-refractivity contribution in [1.29, 1.82) is 0 Å². The van der Waals surface area contributed by atoms with E-state index in [9.17, 15) is 9.59 Å². The second-order valence-electron chi connectivity index (χ2n) is 5.37. The lowest BCUT2D eigenvalue weighted by atomic mass is 10.1. The highest BCUT2D eigenvalue weighted by Gasteiger charge is 2.17. The lowest BCUT2D eigenvalue weighted by Crippen LogP contribution is -2.47. The molecule has 0 aliphatic carbocycles. The van der Waals surface area contributed by atoms with Gasteiger partial charge in [0.25, 0.3) is 0 Å². The number of rotatable bonds is 3. The molecule has 6 nitrogen and oxygen atoms in total. The molecule has 104 valence electrons. The summed E-state index contributed by atoms with van der Waals surface area (Å²) < 4.78 is 5.17. The van der Waals surface area contributed by atoms with Crippen LogP contribution in [0.1, 0.15) is 27.2 Å². The van der Waals surface area contributed by atoms with Gasteiger partial charge in [-0.2, -0.15) is 0 Å². The largest absolute Gasteiger partial charge is 0.378 e. The smallest absolute Gasteiger partial charge is 0.315 e. The van der Waals surface area contributed by atoms with E-state index in [-0.39, 0.29) is 17.5 Å². The summed E-state index contributed by atoms with van der Waals surface area (Å²) >= 11 is 0. The van der Waals surface area contributed by atoms with Gasteiger partial charge in [-0.1, -0.05) is 0 Å². The van der Waals surface area contributed by atoms with Gasteiger partial charge in [0, 0.05) is 31.6 Å². The average Bonchev–Trinajstić information content (AvgIpc) is 2.27. The molecule has 0 bridgehead atoms. The summed E-state index contributed by atoms with van der Waals surface area (Å²) in [6.07, 6.45) is 0.331. The Balaban J connectivity index is 2.17. The Morgan fingerprint density at radius 2 is 1.83 bits per heavy atom. The zero-order valence-electron chi connectivity index (χ0n) is 11.4. The highest BCUT2D eigenvalue weighted by molar-refractivity contribution is 5.78. The zero-order chi connectivity index (χ0) is 13.6. The van der Waals surface area contributed by atoms with Crippen LogP contribution in [0.4, 0.5) is 4.79 Å². The number of ether oxygens (including phenoxy) is 1. The van der Waals surface area contributed by atoms with Gasteiger partial charge < -0.3 is 20.3 Å². The molecule has 0 spiro atoms. The van der Waals surface area contributed by atoms with Gasteiger partial charge in [-0.05, 0) is 20.8 Å². The minimum Gasteiger partial charge on any atom is -0.378 e. The van der Waals surface area contributed by atoms with Gasteiger partial charge in [0.05, 0.1) is 13.2 Å². The van der Waals surface area contributed by atoms with E-state index in [0.29, 0.717) is 39.3 Å². The van der Waals surface area contributed by atoms with E-state index in [1.165, 1.54) is 0 Å². The molecule has 18 heavy (non-hydrogen) atoms. The maximum absolute atomic E-state index is 11.8. The molecule has 1 saturated heterocycles. The number of nitrogens with zero attached hydrogens (tertiary/aromatic N) is 1. The molecule has 0 radical (unpaired) electrons. The summed E-state index contributed by atoms with van der Waals surface area (Å²) in [4.78, 5) is 25.0. The summed E-state index contributed by atoms with van der Waals surface area (Å²) in [7, 11) is 0. The molecule has 1 heterocycles. The van der Waals surface area contributed by atoms with Crippen molar-refractivity contribution in [3.63, 3.8) is 0 Å². The lowest BCUT2D eigenvalue weighted by molar-refractivity contribution is -0.135. The van der Waals surface area contributed by atoms with Crippen molar-refractivity contribution in [1.82, 2.24) is 15.5 Å². The Labute approximate surface area is 108 Å². The molecular weight excluding hydrogens is 234 g/mol. The van der Waals surface area contributed by atoms with Crippen molar-refractivity contribution in [2.24, 2.45) is 0 Å².